The van der Waals surface area contributed by atoms with Crippen LogP contribution in [0.5, 0.6) is 0 Å². The molecule has 224 valence electrons. The summed E-state index contributed by atoms with van der Waals surface area (Å²) in [5.74, 6) is -2.20. The van der Waals surface area contributed by atoms with Crippen LogP contribution in [0.15, 0.2) is 60.7 Å². The van der Waals surface area contributed by atoms with Gasteiger partial charge in [0.05, 0.1) is 19.3 Å². The van der Waals surface area contributed by atoms with Gasteiger partial charge < -0.3 is 28.1 Å². The van der Waals surface area contributed by atoms with Gasteiger partial charge in [-0.2, -0.15) is 0 Å². The zero-order valence-corrected chi connectivity index (χ0v) is 26.1. The fourth-order valence-electron chi connectivity index (χ4n) is 5.92. The van der Waals surface area contributed by atoms with Gasteiger partial charge in [0, 0.05) is 6.42 Å². The van der Waals surface area contributed by atoms with E-state index in [4.69, 9.17) is 28.1 Å². The Bertz CT molecular complexity index is 1100. The Labute approximate surface area is 244 Å². The second-order valence-corrected chi connectivity index (χ2v) is 16.4. The third-order valence-electron chi connectivity index (χ3n) is 7.68. The first-order valence-electron chi connectivity index (χ1n) is 14.5. The monoisotopic (exact) mass is 584 g/mol. The number of ketones is 1. The highest BCUT2D eigenvalue weighted by molar-refractivity contribution is 6.99. The first-order chi connectivity index (χ1) is 19.5. The highest BCUT2D eigenvalue weighted by Gasteiger charge is 2.56. The molecule has 0 aliphatic carbocycles. The highest BCUT2D eigenvalue weighted by atomic mass is 28.4. The number of carbonyl (C=O) groups is 2. The molecule has 0 bridgehead atoms. The minimum Gasteiger partial charge on any atom is -0.460 e. The van der Waals surface area contributed by atoms with Crippen molar-refractivity contribution in [2.75, 3.05) is 20.0 Å². The minimum absolute atomic E-state index is 0.0596. The molecule has 2 aliphatic rings. The summed E-state index contributed by atoms with van der Waals surface area (Å²) >= 11 is 0. The molecule has 0 N–H and O–H groups in total. The summed E-state index contributed by atoms with van der Waals surface area (Å²) in [6.07, 6.45) is -0.739. The van der Waals surface area contributed by atoms with Crippen LogP contribution in [-0.4, -0.2) is 70.3 Å². The molecule has 0 amide bonds. The number of Topliss-reactive ketones (excluding diaryl/α,β-unsaturated/α-hetero) is 1. The van der Waals surface area contributed by atoms with Gasteiger partial charge in [0.2, 0.25) is 5.78 Å². The van der Waals surface area contributed by atoms with E-state index in [0.29, 0.717) is 19.4 Å². The highest BCUT2D eigenvalue weighted by Crippen LogP contribution is 2.42. The lowest BCUT2D eigenvalue weighted by Crippen LogP contribution is -2.69. The van der Waals surface area contributed by atoms with Gasteiger partial charge >= 0.3 is 5.97 Å². The van der Waals surface area contributed by atoms with E-state index in [0.717, 1.165) is 10.4 Å². The Morgan fingerprint density at radius 3 is 2.12 bits per heavy atom. The van der Waals surface area contributed by atoms with Crippen LogP contribution in [-0.2, 0) is 37.7 Å². The first kappa shape index (κ1) is 31.5. The van der Waals surface area contributed by atoms with Crippen molar-refractivity contribution in [2.24, 2.45) is 0 Å². The lowest BCUT2D eigenvalue weighted by molar-refractivity contribution is -0.160. The van der Waals surface area contributed by atoms with Crippen molar-refractivity contribution in [2.45, 2.75) is 96.0 Å². The molecular formula is C32H44O8Si. The zero-order valence-electron chi connectivity index (χ0n) is 25.1. The average molecular weight is 585 g/mol. The maximum atomic E-state index is 12.5. The van der Waals surface area contributed by atoms with Crippen molar-refractivity contribution < 1.29 is 37.7 Å². The Morgan fingerprint density at radius 1 is 1.00 bits per heavy atom. The van der Waals surface area contributed by atoms with Crippen LogP contribution in [0.2, 0.25) is 5.04 Å². The Hall–Kier alpha value is -2.40. The average Bonchev–Trinajstić information content (AvgIpc) is 3.58. The summed E-state index contributed by atoms with van der Waals surface area (Å²) in [6, 6.07) is 20.8. The normalized spacial score (nSPS) is 23.3. The van der Waals surface area contributed by atoms with Crippen molar-refractivity contribution >= 4 is 30.4 Å². The second-order valence-electron chi connectivity index (χ2n) is 12.1. The van der Waals surface area contributed by atoms with Crippen molar-refractivity contribution in [1.82, 2.24) is 0 Å². The molecule has 41 heavy (non-hydrogen) atoms. The smallest absolute Gasteiger partial charge is 0.374 e. The van der Waals surface area contributed by atoms with Gasteiger partial charge in [-0.25, -0.2) is 4.79 Å². The van der Waals surface area contributed by atoms with E-state index in [-0.39, 0.29) is 31.0 Å². The Kier molecular flexibility index (Phi) is 10.2. The van der Waals surface area contributed by atoms with Crippen LogP contribution < -0.4 is 10.4 Å². The summed E-state index contributed by atoms with van der Waals surface area (Å²) < 4.78 is 36.9. The van der Waals surface area contributed by atoms with Crippen molar-refractivity contribution in [3.8, 4) is 0 Å². The van der Waals surface area contributed by atoms with Gasteiger partial charge in [-0.05, 0) is 49.0 Å². The molecule has 0 saturated carbocycles. The largest absolute Gasteiger partial charge is 0.460 e. The molecule has 2 aromatic carbocycles. The van der Waals surface area contributed by atoms with E-state index in [9.17, 15) is 9.59 Å². The molecule has 2 heterocycles. The summed E-state index contributed by atoms with van der Waals surface area (Å²) in [7, 11) is -2.99. The molecule has 2 aliphatic heterocycles. The van der Waals surface area contributed by atoms with Crippen LogP contribution in [0.4, 0.5) is 0 Å². The summed E-state index contributed by atoms with van der Waals surface area (Å²) in [5, 5.41) is 2.01. The summed E-state index contributed by atoms with van der Waals surface area (Å²) in [4.78, 5) is 24.5. The fraction of sp³-hybridized carbons (Fsp3) is 0.562. The Balaban J connectivity index is 1.76. The summed E-state index contributed by atoms with van der Waals surface area (Å²) in [5.41, 5.74) is 0. The van der Waals surface area contributed by atoms with E-state index >= 15 is 0 Å². The molecule has 8 nitrogen and oxygen atoms in total. The number of rotatable bonds is 12. The molecule has 2 aromatic rings. The van der Waals surface area contributed by atoms with E-state index in [1.807, 2.05) is 50.2 Å². The number of benzene rings is 2. The minimum atomic E-state index is -2.99. The topological polar surface area (TPSA) is 89.5 Å². The third-order valence-corrected chi connectivity index (χ3v) is 12.7. The van der Waals surface area contributed by atoms with E-state index < -0.39 is 44.2 Å². The lowest BCUT2D eigenvalue weighted by Gasteiger charge is -2.46. The number of ether oxygens (including phenoxy) is 5. The van der Waals surface area contributed by atoms with Gasteiger partial charge in [0.1, 0.15) is 25.1 Å². The molecule has 0 spiro atoms. The van der Waals surface area contributed by atoms with Gasteiger partial charge in [0.25, 0.3) is 8.32 Å². The Morgan fingerprint density at radius 2 is 1.61 bits per heavy atom. The predicted octanol–water partition coefficient (Wildman–Crippen LogP) is 4.13. The lowest BCUT2D eigenvalue weighted by atomic mass is 9.98. The fourth-order valence-corrected chi connectivity index (χ4v) is 10.6. The van der Waals surface area contributed by atoms with E-state index in [1.54, 1.807) is 6.92 Å². The van der Waals surface area contributed by atoms with E-state index in [1.165, 1.54) is 0 Å². The van der Waals surface area contributed by atoms with E-state index in [2.05, 4.69) is 45.0 Å². The number of hydrogen-bond donors (Lipinski definition) is 0. The quantitative estimate of drug-likeness (QED) is 0.209. The van der Waals surface area contributed by atoms with Crippen molar-refractivity contribution in [3.63, 3.8) is 0 Å². The van der Waals surface area contributed by atoms with Crippen LogP contribution in [0.25, 0.3) is 0 Å². The molecule has 4 atom stereocenters. The van der Waals surface area contributed by atoms with Gasteiger partial charge in [-0.1, -0.05) is 81.4 Å². The molecule has 4 rings (SSSR count). The zero-order chi connectivity index (χ0) is 29.7. The molecule has 0 unspecified atom stereocenters. The first-order valence-corrected chi connectivity index (χ1v) is 16.4. The van der Waals surface area contributed by atoms with Crippen molar-refractivity contribution in [1.29, 1.82) is 0 Å². The van der Waals surface area contributed by atoms with Crippen LogP contribution in [0, 0.1) is 0 Å². The van der Waals surface area contributed by atoms with Crippen LogP contribution >= 0.6 is 0 Å². The molecule has 2 fully saturated rings. The van der Waals surface area contributed by atoms with Gasteiger partial charge in [0.15, 0.2) is 5.79 Å². The number of carbonyl (C=O) groups excluding carboxylic acids is 2. The molecule has 0 radical (unpaired) electrons. The number of esters is 1. The van der Waals surface area contributed by atoms with Gasteiger partial charge in [-0.15, -0.1) is 0 Å². The van der Waals surface area contributed by atoms with Crippen LogP contribution in [0.1, 0.15) is 60.8 Å². The predicted molar refractivity (Wildman–Crippen MR) is 158 cm³/mol. The van der Waals surface area contributed by atoms with Crippen LogP contribution in [0.3, 0.4) is 0 Å². The molecular weight excluding hydrogens is 540 g/mol. The third kappa shape index (κ3) is 7.16. The van der Waals surface area contributed by atoms with Crippen molar-refractivity contribution in [3.05, 3.63) is 60.7 Å². The maximum Gasteiger partial charge on any atom is 0.374 e. The maximum absolute atomic E-state index is 12.5. The number of hydrogen-bond acceptors (Lipinski definition) is 8. The molecule has 2 saturated heterocycles. The summed E-state index contributed by atoms with van der Waals surface area (Å²) in [6.45, 7) is 12.9. The molecule has 9 heteroatoms. The standard InChI is InChI=1S/C32H44O8Si/c1-7-36-30(34)25(33)19-14-20-26(28-29(27-21-35-22-37-27)39-32(5,6)38-28)40-41(31(2,3)4,23-15-10-8-11-16-23)24-17-12-9-13-18-24/h8-13,15-18,26-29H,7,14,19-22H2,1-6H3/t26-,27+,28+,29+/m0/s1. The molecule has 0 aromatic heterocycles. The SMILES string of the molecule is CCOC(=O)C(=O)CCC[C@H](O[Si](c1ccccc1)(c1ccccc1)C(C)(C)C)[C@H]1OC(C)(C)O[C@@H]1[C@H]1COCO1. The van der Waals surface area contributed by atoms with Gasteiger partial charge in [-0.3, -0.25) is 4.79 Å². The second kappa shape index (κ2) is 13.3.